The molecule has 3 rings (SSSR count). The number of fused-ring (bicyclic) bond motifs is 1. The van der Waals surface area contributed by atoms with E-state index in [0.717, 1.165) is 22.3 Å². The summed E-state index contributed by atoms with van der Waals surface area (Å²) in [5.41, 5.74) is 1.25. The number of anilines is 1. The van der Waals surface area contributed by atoms with E-state index < -0.39 is 23.3 Å². The number of benzene rings is 2. The molecule has 0 bridgehead atoms. The van der Waals surface area contributed by atoms with Gasteiger partial charge in [0.05, 0.1) is 29.9 Å². The fourth-order valence-corrected chi connectivity index (χ4v) is 2.59. The molecular weight excluding hydrogens is 353 g/mol. The highest BCUT2D eigenvalue weighted by Gasteiger charge is 2.12. The van der Waals surface area contributed by atoms with E-state index in [1.807, 2.05) is 0 Å². The number of nitrogens with one attached hydrogen (secondary N) is 1. The number of aromatic nitrogens is 2. The molecule has 0 atom stereocenters. The molecule has 2 aromatic carbocycles. The summed E-state index contributed by atoms with van der Waals surface area (Å²) >= 11 is 0. The van der Waals surface area contributed by atoms with Crippen molar-refractivity contribution in [1.29, 1.82) is 0 Å². The standard InChI is InChI=1S/C19H16FN3O4/c1-11-3-4-12(19(26)27-2)7-15(11)22-17(24)9-23-10-21-16-8-13(20)5-6-14(16)18(23)25/h3-8,10H,9H2,1-2H3,(H,22,24). The van der Waals surface area contributed by atoms with Crippen LogP contribution >= 0.6 is 0 Å². The van der Waals surface area contributed by atoms with Crippen molar-refractivity contribution in [2.75, 3.05) is 12.4 Å². The normalized spacial score (nSPS) is 10.6. The van der Waals surface area contributed by atoms with Gasteiger partial charge in [-0.15, -0.1) is 0 Å². The predicted octanol–water partition coefficient (Wildman–Crippen LogP) is 2.27. The second-order valence-corrected chi connectivity index (χ2v) is 5.91. The summed E-state index contributed by atoms with van der Waals surface area (Å²) < 4.78 is 19.0. The number of rotatable bonds is 4. The van der Waals surface area contributed by atoms with Crippen molar-refractivity contribution in [3.05, 3.63) is 70.0 Å². The molecule has 1 amide bonds. The molecule has 0 fully saturated rings. The van der Waals surface area contributed by atoms with Crippen LogP contribution in [0.5, 0.6) is 0 Å². The van der Waals surface area contributed by atoms with Gasteiger partial charge in [0.15, 0.2) is 0 Å². The lowest BCUT2D eigenvalue weighted by Crippen LogP contribution is -2.28. The van der Waals surface area contributed by atoms with Crippen LogP contribution in [0, 0.1) is 12.7 Å². The average molecular weight is 369 g/mol. The van der Waals surface area contributed by atoms with Crippen molar-refractivity contribution >= 4 is 28.5 Å². The summed E-state index contributed by atoms with van der Waals surface area (Å²) in [5, 5.41) is 2.89. The van der Waals surface area contributed by atoms with Gasteiger partial charge in [0.2, 0.25) is 5.91 Å². The summed E-state index contributed by atoms with van der Waals surface area (Å²) in [6.45, 7) is 1.50. The smallest absolute Gasteiger partial charge is 0.337 e. The lowest BCUT2D eigenvalue weighted by molar-refractivity contribution is -0.116. The first kappa shape index (κ1) is 18.2. The maximum Gasteiger partial charge on any atom is 0.337 e. The number of methoxy groups -OCH3 is 1. The molecule has 0 saturated heterocycles. The van der Waals surface area contributed by atoms with Crippen LogP contribution < -0.4 is 10.9 Å². The number of esters is 1. The Morgan fingerprint density at radius 2 is 2.00 bits per heavy atom. The van der Waals surface area contributed by atoms with Crippen LogP contribution in [0.3, 0.4) is 0 Å². The first-order chi connectivity index (χ1) is 12.9. The van der Waals surface area contributed by atoms with Gasteiger partial charge in [-0.1, -0.05) is 6.07 Å². The molecular formula is C19H16FN3O4. The average Bonchev–Trinajstić information content (AvgIpc) is 2.65. The Hall–Kier alpha value is -3.55. The molecule has 8 heteroatoms. The van der Waals surface area contributed by atoms with Crippen molar-refractivity contribution in [3.63, 3.8) is 0 Å². The molecule has 0 radical (unpaired) electrons. The van der Waals surface area contributed by atoms with Gasteiger partial charge in [-0.2, -0.15) is 0 Å². The molecule has 7 nitrogen and oxygen atoms in total. The number of ether oxygens (including phenoxy) is 1. The third-order valence-electron chi connectivity index (χ3n) is 4.03. The zero-order valence-corrected chi connectivity index (χ0v) is 14.7. The lowest BCUT2D eigenvalue weighted by atomic mass is 10.1. The number of hydrogen-bond donors (Lipinski definition) is 1. The Morgan fingerprint density at radius 3 is 2.74 bits per heavy atom. The van der Waals surface area contributed by atoms with E-state index in [4.69, 9.17) is 0 Å². The summed E-state index contributed by atoms with van der Waals surface area (Å²) in [4.78, 5) is 40.4. The third-order valence-corrected chi connectivity index (χ3v) is 4.03. The van der Waals surface area contributed by atoms with Crippen LogP contribution in [0.15, 0.2) is 47.5 Å². The number of aryl methyl sites for hydroxylation is 1. The van der Waals surface area contributed by atoms with Crippen LogP contribution in [0.1, 0.15) is 15.9 Å². The number of nitrogens with zero attached hydrogens (tertiary/aromatic N) is 2. The number of hydrogen-bond acceptors (Lipinski definition) is 5. The number of carbonyl (C=O) groups excluding carboxylic acids is 2. The number of carbonyl (C=O) groups is 2. The van der Waals surface area contributed by atoms with Crippen LogP contribution in [0.2, 0.25) is 0 Å². The van der Waals surface area contributed by atoms with E-state index in [1.165, 1.54) is 25.6 Å². The first-order valence-electron chi connectivity index (χ1n) is 8.02. The van der Waals surface area contributed by atoms with Gasteiger partial charge in [0, 0.05) is 11.8 Å². The second kappa shape index (κ2) is 7.36. The molecule has 138 valence electrons. The minimum atomic E-state index is -0.521. The van der Waals surface area contributed by atoms with Crippen LogP contribution in [0.4, 0.5) is 10.1 Å². The minimum Gasteiger partial charge on any atom is -0.465 e. The predicted molar refractivity (Wildman–Crippen MR) is 97.1 cm³/mol. The third kappa shape index (κ3) is 3.84. The lowest BCUT2D eigenvalue weighted by Gasteiger charge is -2.11. The van der Waals surface area contributed by atoms with E-state index in [2.05, 4.69) is 15.0 Å². The monoisotopic (exact) mass is 369 g/mol. The van der Waals surface area contributed by atoms with Crippen LogP contribution in [-0.2, 0) is 16.1 Å². The Balaban J connectivity index is 1.83. The summed E-state index contributed by atoms with van der Waals surface area (Å²) in [6, 6.07) is 8.43. The van der Waals surface area contributed by atoms with Gasteiger partial charge >= 0.3 is 5.97 Å². The maximum absolute atomic E-state index is 13.2. The largest absolute Gasteiger partial charge is 0.465 e. The highest BCUT2D eigenvalue weighted by Crippen LogP contribution is 2.17. The Bertz CT molecular complexity index is 1110. The SMILES string of the molecule is COC(=O)c1ccc(C)c(NC(=O)Cn2cnc3cc(F)ccc3c2=O)c1. The molecule has 0 unspecified atom stereocenters. The fourth-order valence-electron chi connectivity index (χ4n) is 2.59. The molecule has 1 heterocycles. The quantitative estimate of drug-likeness (QED) is 0.713. The van der Waals surface area contributed by atoms with Gasteiger partial charge < -0.3 is 10.1 Å². The molecule has 0 saturated carbocycles. The zero-order chi connectivity index (χ0) is 19.6. The van der Waals surface area contributed by atoms with E-state index in [9.17, 15) is 18.8 Å². The van der Waals surface area contributed by atoms with Crippen LogP contribution in [-0.4, -0.2) is 28.5 Å². The Morgan fingerprint density at radius 1 is 1.22 bits per heavy atom. The molecule has 1 aromatic heterocycles. The van der Waals surface area contributed by atoms with Gasteiger partial charge in [-0.25, -0.2) is 14.2 Å². The van der Waals surface area contributed by atoms with E-state index in [1.54, 1.807) is 19.1 Å². The maximum atomic E-state index is 13.2. The van der Waals surface area contributed by atoms with Crippen molar-refractivity contribution in [1.82, 2.24) is 9.55 Å². The van der Waals surface area contributed by atoms with Crippen LogP contribution in [0.25, 0.3) is 10.9 Å². The van der Waals surface area contributed by atoms with Crippen molar-refractivity contribution < 1.29 is 18.7 Å². The molecule has 1 N–H and O–H groups in total. The van der Waals surface area contributed by atoms with Gasteiger partial charge in [-0.05, 0) is 36.8 Å². The highest BCUT2D eigenvalue weighted by molar-refractivity contribution is 5.95. The van der Waals surface area contributed by atoms with E-state index in [-0.39, 0.29) is 17.4 Å². The molecule has 27 heavy (non-hydrogen) atoms. The topological polar surface area (TPSA) is 90.3 Å². The van der Waals surface area contributed by atoms with Crippen molar-refractivity contribution in [3.8, 4) is 0 Å². The highest BCUT2D eigenvalue weighted by atomic mass is 19.1. The molecule has 0 aliphatic heterocycles. The van der Waals surface area contributed by atoms with Gasteiger partial charge in [0.25, 0.3) is 5.56 Å². The van der Waals surface area contributed by atoms with Crippen molar-refractivity contribution in [2.24, 2.45) is 0 Å². The van der Waals surface area contributed by atoms with Gasteiger partial charge in [-0.3, -0.25) is 14.2 Å². The summed E-state index contributed by atoms with van der Waals surface area (Å²) in [6.07, 6.45) is 1.20. The zero-order valence-electron chi connectivity index (χ0n) is 14.7. The summed E-state index contributed by atoms with van der Waals surface area (Å²) in [5.74, 6) is -1.48. The minimum absolute atomic E-state index is 0.218. The van der Waals surface area contributed by atoms with E-state index >= 15 is 0 Å². The summed E-state index contributed by atoms with van der Waals surface area (Å²) in [7, 11) is 1.27. The second-order valence-electron chi connectivity index (χ2n) is 5.91. The molecule has 3 aromatic rings. The number of halogens is 1. The Labute approximate surface area is 153 Å². The number of amides is 1. The molecule has 0 spiro atoms. The Kier molecular flexibility index (Phi) is 4.98. The molecule has 0 aliphatic rings. The first-order valence-corrected chi connectivity index (χ1v) is 8.02. The fraction of sp³-hybridized carbons (Fsp3) is 0.158. The van der Waals surface area contributed by atoms with Gasteiger partial charge in [0.1, 0.15) is 12.4 Å². The van der Waals surface area contributed by atoms with E-state index in [0.29, 0.717) is 11.3 Å². The van der Waals surface area contributed by atoms with Crippen molar-refractivity contribution in [2.45, 2.75) is 13.5 Å². The molecule has 0 aliphatic carbocycles.